The van der Waals surface area contributed by atoms with Gasteiger partial charge in [0.2, 0.25) is 0 Å². The first kappa shape index (κ1) is 7.22. The van der Waals surface area contributed by atoms with Gasteiger partial charge in [0.15, 0.2) is 0 Å². The number of aromatic nitrogens is 2. The molecule has 3 rings (SSSR count). The molecule has 0 amide bonds. The van der Waals surface area contributed by atoms with Gasteiger partial charge in [0.05, 0.1) is 5.39 Å². The molecule has 4 heteroatoms. The number of hydrogen-bond acceptors (Lipinski definition) is 2. The molecule has 1 aliphatic rings. The number of fused-ring (bicyclic) bond motifs is 1. The summed E-state index contributed by atoms with van der Waals surface area (Å²) in [5.41, 5.74) is 0.437. The van der Waals surface area contributed by atoms with Crippen LogP contribution in [0.2, 0.25) is 0 Å². The zero-order valence-electron chi connectivity index (χ0n) is 11.4. The van der Waals surface area contributed by atoms with Crippen molar-refractivity contribution in [2.45, 2.75) is 18.8 Å². The summed E-state index contributed by atoms with van der Waals surface area (Å²) < 4.78 is 23.4. The molecule has 0 saturated heterocycles. The fraction of sp³-hybridized carbons (Fsp3) is 0.333. The maximum atomic E-state index is 12.2. The predicted octanol–water partition coefficient (Wildman–Crippen LogP) is 2.57. The Balaban J connectivity index is 2.29. The fourth-order valence-corrected chi connectivity index (χ4v) is 2.35. The predicted molar refractivity (Wildman–Crippen MR) is 66.7 cm³/mol. The van der Waals surface area contributed by atoms with Crippen LogP contribution in [0.25, 0.3) is 10.8 Å². The number of hydrogen-bond donors (Lipinski definition) is 0. The lowest BCUT2D eigenvalue weighted by molar-refractivity contribution is 0.867. The number of pyridine rings is 2. The molecular weight excluding hydrogens is 268 g/mol. The van der Waals surface area contributed by atoms with Crippen LogP contribution in [0.1, 0.15) is 28.6 Å². The maximum Gasteiger partial charge on any atom is 0.259 e. The highest BCUT2D eigenvalue weighted by Crippen LogP contribution is 2.39. The molecular formula is C12H11BrN2O. The van der Waals surface area contributed by atoms with E-state index in [2.05, 4.69) is 20.9 Å². The highest BCUT2D eigenvalue weighted by atomic mass is 79.9. The smallest absolute Gasteiger partial charge is 0.259 e. The van der Waals surface area contributed by atoms with Gasteiger partial charge in [0.1, 0.15) is 0 Å². The van der Waals surface area contributed by atoms with Crippen LogP contribution in [0.4, 0.5) is 0 Å². The van der Waals surface area contributed by atoms with Crippen LogP contribution in [0, 0.1) is 0 Å². The first-order chi connectivity index (χ1) is 8.88. The van der Waals surface area contributed by atoms with E-state index in [1.165, 1.54) is 12.4 Å². The summed E-state index contributed by atoms with van der Waals surface area (Å²) in [4.78, 5) is 16.4. The molecule has 16 heavy (non-hydrogen) atoms. The molecule has 0 N–H and O–H groups in total. The van der Waals surface area contributed by atoms with Crippen molar-refractivity contribution < 1.29 is 4.11 Å². The van der Waals surface area contributed by atoms with Gasteiger partial charge in [-0.3, -0.25) is 9.78 Å². The number of rotatable bonds is 1. The molecule has 82 valence electrons. The van der Waals surface area contributed by atoms with E-state index in [1.54, 1.807) is 0 Å². The zero-order valence-corrected chi connectivity index (χ0v) is 9.99. The van der Waals surface area contributed by atoms with E-state index in [4.69, 9.17) is 4.11 Å². The Morgan fingerprint density at radius 2 is 2.38 bits per heavy atom. The maximum absolute atomic E-state index is 12.2. The Morgan fingerprint density at radius 3 is 3.06 bits per heavy atom. The summed E-state index contributed by atoms with van der Waals surface area (Å²) in [6.07, 6.45) is 5.07. The first-order valence-corrected chi connectivity index (χ1v) is 5.88. The van der Waals surface area contributed by atoms with Gasteiger partial charge in [-0.05, 0) is 34.8 Å². The molecule has 0 unspecified atom stereocenters. The normalized spacial score (nSPS) is 19.2. The molecule has 1 aliphatic carbocycles. The third-order valence-electron chi connectivity index (χ3n) is 2.87. The van der Waals surface area contributed by atoms with Crippen molar-refractivity contribution >= 4 is 26.7 Å². The van der Waals surface area contributed by atoms with Crippen LogP contribution in [0.5, 0.6) is 0 Å². The summed E-state index contributed by atoms with van der Waals surface area (Å²) in [5, 5.41) is 1.05. The van der Waals surface area contributed by atoms with Crippen LogP contribution in [-0.4, -0.2) is 9.55 Å². The van der Waals surface area contributed by atoms with Crippen LogP contribution < -0.4 is 5.56 Å². The minimum absolute atomic E-state index is 0.329. The lowest BCUT2D eigenvalue weighted by Crippen LogP contribution is -2.16. The average molecular weight is 282 g/mol. The summed E-state index contributed by atoms with van der Waals surface area (Å²) in [6, 6.07) is 1.88. The Labute approximate surface area is 105 Å². The van der Waals surface area contributed by atoms with Crippen LogP contribution in [0.15, 0.2) is 27.7 Å². The zero-order chi connectivity index (χ0) is 13.8. The molecule has 2 aromatic rings. The first-order valence-electron chi connectivity index (χ1n) is 6.59. The van der Waals surface area contributed by atoms with Crippen molar-refractivity contribution in [3.8, 4) is 0 Å². The van der Waals surface area contributed by atoms with E-state index < -0.39 is 12.5 Å². The number of halogens is 1. The van der Waals surface area contributed by atoms with E-state index in [9.17, 15) is 4.79 Å². The highest BCUT2D eigenvalue weighted by molar-refractivity contribution is 9.10. The number of nitrogens with zero attached hydrogens (tertiary/aromatic N) is 2. The lowest BCUT2D eigenvalue weighted by Gasteiger charge is -2.05. The summed E-state index contributed by atoms with van der Waals surface area (Å²) in [7, 11) is 0. The van der Waals surface area contributed by atoms with E-state index in [0.717, 1.165) is 28.5 Å². The molecule has 0 radical (unpaired) electrons. The lowest BCUT2D eigenvalue weighted by atomic mass is 10.1. The van der Waals surface area contributed by atoms with Gasteiger partial charge in [-0.1, -0.05) is 0 Å². The van der Waals surface area contributed by atoms with E-state index in [0.29, 0.717) is 15.8 Å². The molecule has 0 atom stereocenters. The monoisotopic (exact) mass is 281 g/mol. The van der Waals surface area contributed by atoms with Crippen molar-refractivity contribution in [3.05, 3.63) is 39.0 Å². The molecule has 2 aromatic heterocycles. The highest BCUT2D eigenvalue weighted by Gasteiger charge is 2.25. The topological polar surface area (TPSA) is 34.9 Å². The molecule has 1 saturated carbocycles. The molecule has 0 spiro atoms. The van der Waals surface area contributed by atoms with Gasteiger partial charge in [0.25, 0.3) is 5.56 Å². The van der Waals surface area contributed by atoms with E-state index in [1.807, 2.05) is 6.07 Å². The summed E-state index contributed by atoms with van der Waals surface area (Å²) >= 11 is 3.34. The van der Waals surface area contributed by atoms with Crippen molar-refractivity contribution in [2.75, 3.05) is 0 Å². The van der Waals surface area contributed by atoms with Crippen LogP contribution in [-0.2, 0) is 6.98 Å². The molecule has 3 nitrogen and oxygen atoms in total. The standard InChI is InChI=1S/C12H11BrN2O/c1-15-6-10(13)8-4-11(7-2-3-7)14-5-9(8)12(15)16/h4-7H,2-3H2,1H3/i1D3. The van der Waals surface area contributed by atoms with Crippen molar-refractivity contribution in [3.63, 3.8) is 0 Å². The molecule has 0 aliphatic heterocycles. The van der Waals surface area contributed by atoms with E-state index in [-0.39, 0.29) is 0 Å². The SMILES string of the molecule is [2H]C([2H])([2H])n1cc(Br)c2cc(C3CC3)ncc2c1=O. The van der Waals surface area contributed by atoms with Gasteiger partial charge in [0, 0.05) is 45.0 Å². The molecule has 2 heterocycles. The second kappa shape index (κ2) is 3.42. The Kier molecular flexibility index (Phi) is 1.54. The van der Waals surface area contributed by atoms with Crippen molar-refractivity contribution in [1.29, 1.82) is 0 Å². The van der Waals surface area contributed by atoms with Crippen molar-refractivity contribution in [2.24, 2.45) is 6.98 Å². The van der Waals surface area contributed by atoms with Gasteiger partial charge in [-0.2, -0.15) is 0 Å². The molecule has 0 bridgehead atoms. The Morgan fingerprint density at radius 1 is 1.56 bits per heavy atom. The second-order valence-corrected chi connectivity index (χ2v) is 4.94. The number of aryl methyl sites for hydroxylation is 1. The van der Waals surface area contributed by atoms with Gasteiger partial charge in [-0.25, -0.2) is 0 Å². The third kappa shape index (κ3) is 1.48. The summed E-state index contributed by atoms with van der Waals surface area (Å²) in [5.74, 6) is 0.487. The molecule has 0 aromatic carbocycles. The minimum Gasteiger partial charge on any atom is -0.317 e. The third-order valence-corrected chi connectivity index (χ3v) is 3.50. The largest absolute Gasteiger partial charge is 0.317 e. The Bertz CT molecular complexity index is 719. The second-order valence-electron chi connectivity index (χ2n) is 4.08. The Hall–Kier alpha value is -1.16. The van der Waals surface area contributed by atoms with E-state index >= 15 is 0 Å². The van der Waals surface area contributed by atoms with Crippen LogP contribution in [0.3, 0.4) is 0 Å². The van der Waals surface area contributed by atoms with Gasteiger partial charge in [-0.15, -0.1) is 0 Å². The summed E-state index contributed by atoms with van der Waals surface area (Å²) in [6.45, 7) is -2.48. The minimum atomic E-state index is -2.48. The quantitative estimate of drug-likeness (QED) is 0.805. The van der Waals surface area contributed by atoms with Gasteiger partial charge < -0.3 is 4.57 Å². The fourth-order valence-electron chi connectivity index (χ4n) is 1.81. The average Bonchev–Trinajstić information content (AvgIpc) is 3.16. The van der Waals surface area contributed by atoms with Crippen molar-refractivity contribution in [1.82, 2.24) is 9.55 Å². The van der Waals surface area contributed by atoms with Gasteiger partial charge >= 0.3 is 0 Å². The van der Waals surface area contributed by atoms with Crippen LogP contribution >= 0.6 is 15.9 Å². The molecule has 1 fully saturated rings.